The number of aromatic amines is 1. The third-order valence-electron chi connectivity index (χ3n) is 3.80. The van der Waals surface area contributed by atoms with Gasteiger partial charge in [-0.1, -0.05) is 18.2 Å². The molecule has 8 nitrogen and oxygen atoms in total. The normalized spacial score (nSPS) is 11.3. The van der Waals surface area contributed by atoms with Crippen LogP contribution in [0.4, 0.5) is 5.88 Å². The van der Waals surface area contributed by atoms with E-state index in [9.17, 15) is 14.9 Å². The number of nitriles is 1. The first kappa shape index (κ1) is 17.0. The summed E-state index contributed by atoms with van der Waals surface area (Å²) in [4.78, 5) is 25.2. The molecule has 0 radical (unpaired) electrons. The van der Waals surface area contributed by atoms with Crippen molar-refractivity contribution in [3.63, 3.8) is 0 Å². The Morgan fingerprint density at radius 3 is 2.88 bits per heavy atom. The number of carbonyl (C=O) groups excluding carboxylic acids is 1. The standard InChI is InChI=1S/C18H14N4O4/c19-10-13(9-14-5-6-17(26-14)22(24)25)18(23)20-8-7-12-11-21-16-4-2-1-3-15(12)16/h1-6,9,11,21H,7-8H2,(H,20,23)/b13-9+. The molecule has 2 aromatic heterocycles. The van der Waals surface area contributed by atoms with Gasteiger partial charge in [0.15, 0.2) is 0 Å². The van der Waals surface area contributed by atoms with E-state index in [-0.39, 0.29) is 11.3 Å². The van der Waals surface area contributed by atoms with Crippen molar-refractivity contribution in [2.24, 2.45) is 0 Å². The molecule has 2 heterocycles. The summed E-state index contributed by atoms with van der Waals surface area (Å²) in [6, 6.07) is 12.1. The molecule has 0 atom stereocenters. The van der Waals surface area contributed by atoms with E-state index in [0.717, 1.165) is 22.5 Å². The van der Waals surface area contributed by atoms with E-state index in [4.69, 9.17) is 9.68 Å². The summed E-state index contributed by atoms with van der Waals surface area (Å²) in [7, 11) is 0. The molecule has 0 saturated heterocycles. The lowest BCUT2D eigenvalue weighted by atomic mass is 10.1. The van der Waals surface area contributed by atoms with Crippen molar-refractivity contribution in [2.75, 3.05) is 6.54 Å². The number of fused-ring (bicyclic) bond motifs is 1. The number of carbonyl (C=O) groups is 1. The number of aromatic nitrogens is 1. The van der Waals surface area contributed by atoms with Crippen LogP contribution in [0.25, 0.3) is 17.0 Å². The Kier molecular flexibility index (Phi) is 4.80. The molecule has 0 unspecified atom stereocenters. The molecule has 26 heavy (non-hydrogen) atoms. The number of hydrogen-bond donors (Lipinski definition) is 2. The van der Waals surface area contributed by atoms with E-state index in [1.54, 1.807) is 6.07 Å². The van der Waals surface area contributed by atoms with Gasteiger partial charge in [-0.3, -0.25) is 14.9 Å². The second-order valence-electron chi connectivity index (χ2n) is 5.47. The number of furan rings is 1. The Bertz CT molecular complexity index is 1040. The first-order valence-corrected chi connectivity index (χ1v) is 7.77. The van der Waals surface area contributed by atoms with Crippen molar-refractivity contribution >= 4 is 28.8 Å². The monoisotopic (exact) mass is 350 g/mol. The summed E-state index contributed by atoms with van der Waals surface area (Å²) in [6.45, 7) is 0.345. The lowest BCUT2D eigenvalue weighted by Gasteiger charge is -2.03. The molecule has 2 N–H and O–H groups in total. The van der Waals surface area contributed by atoms with Gasteiger partial charge in [-0.05, 0) is 24.1 Å². The fraction of sp³-hybridized carbons (Fsp3) is 0.111. The molecule has 0 spiro atoms. The van der Waals surface area contributed by atoms with E-state index in [2.05, 4.69) is 10.3 Å². The number of amides is 1. The van der Waals surface area contributed by atoms with Gasteiger partial charge in [0.05, 0.1) is 6.07 Å². The molecular formula is C18H14N4O4. The molecular weight excluding hydrogens is 336 g/mol. The molecule has 0 fully saturated rings. The van der Waals surface area contributed by atoms with Crippen molar-refractivity contribution in [3.05, 3.63) is 69.6 Å². The number of benzene rings is 1. The van der Waals surface area contributed by atoms with Crippen molar-refractivity contribution < 1.29 is 14.1 Å². The number of nitrogens with one attached hydrogen (secondary N) is 2. The molecule has 3 rings (SSSR count). The predicted molar refractivity (Wildman–Crippen MR) is 94.0 cm³/mol. The van der Waals surface area contributed by atoms with Crippen molar-refractivity contribution in [2.45, 2.75) is 6.42 Å². The molecule has 130 valence electrons. The molecule has 0 aliphatic carbocycles. The zero-order valence-electron chi connectivity index (χ0n) is 13.6. The van der Waals surface area contributed by atoms with Gasteiger partial charge >= 0.3 is 5.88 Å². The molecule has 0 aliphatic rings. The van der Waals surface area contributed by atoms with Crippen LogP contribution in [0.3, 0.4) is 0 Å². The van der Waals surface area contributed by atoms with E-state index < -0.39 is 16.7 Å². The van der Waals surface area contributed by atoms with Gasteiger partial charge in [-0.15, -0.1) is 0 Å². The maximum absolute atomic E-state index is 12.1. The largest absolute Gasteiger partial charge is 0.433 e. The molecule has 1 amide bonds. The van der Waals surface area contributed by atoms with Crippen LogP contribution in [0, 0.1) is 21.4 Å². The van der Waals surface area contributed by atoms with Crippen LogP contribution in [-0.4, -0.2) is 22.4 Å². The van der Waals surface area contributed by atoms with E-state index in [1.807, 2.05) is 30.5 Å². The summed E-state index contributed by atoms with van der Waals surface area (Å²) in [5, 5.41) is 23.5. The van der Waals surface area contributed by atoms with Crippen molar-refractivity contribution in [1.29, 1.82) is 5.26 Å². The highest BCUT2D eigenvalue weighted by Gasteiger charge is 2.14. The van der Waals surface area contributed by atoms with Crippen LogP contribution in [0.15, 0.2) is 52.6 Å². The highest BCUT2D eigenvalue weighted by Crippen LogP contribution is 2.19. The SMILES string of the molecule is N#C/C(=C\c1ccc([N+](=O)[O-])o1)C(=O)NCCc1c[nH]c2ccccc12. The average molecular weight is 350 g/mol. The minimum Gasteiger partial charge on any atom is -0.401 e. The summed E-state index contributed by atoms with van der Waals surface area (Å²) < 4.78 is 4.93. The Morgan fingerprint density at radius 1 is 1.35 bits per heavy atom. The van der Waals surface area contributed by atoms with Crippen LogP contribution in [0.5, 0.6) is 0 Å². The highest BCUT2D eigenvalue weighted by atomic mass is 16.6. The number of nitrogens with zero attached hydrogens (tertiary/aromatic N) is 2. The fourth-order valence-electron chi connectivity index (χ4n) is 2.55. The molecule has 3 aromatic rings. The Hall–Kier alpha value is -3.86. The maximum Gasteiger partial charge on any atom is 0.433 e. The molecule has 0 bridgehead atoms. The van der Waals surface area contributed by atoms with Gasteiger partial charge in [0.2, 0.25) is 0 Å². The first-order chi connectivity index (χ1) is 12.6. The van der Waals surface area contributed by atoms with Gasteiger partial charge in [0.25, 0.3) is 5.91 Å². The van der Waals surface area contributed by atoms with E-state index >= 15 is 0 Å². The zero-order valence-corrected chi connectivity index (χ0v) is 13.6. The minimum atomic E-state index is -0.690. The van der Waals surface area contributed by atoms with Crippen molar-refractivity contribution in [3.8, 4) is 6.07 Å². The lowest BCUT2D eigenvalue weighted by Crippen LogP contribution is -2.26. The lowest BCUT2D eigenvalue weighted by molar-refractivity contribution is -0.402. The fourth-order valence-corrected chi connectivity index (χ4v) is 2.55. The zero-order chi connectivity index (χ0) is 18.5. The summed E-state index contributed by atoms with van der Waals surface area (Å²) in [6.07, 6.45) is 3.66. The Balaban J connectivity index is 1.63. The van der Waals surface area contributed by atoms with E-state index in [1.165, 1.54) is 12.1 Å². The third-order valence-corrected chi connectivity index (χ3v) is 3.80. The molecule has 1 aromatic carbocycles. The second kappa shape index (κ2) is 7.36. The van der Waals surface area contributed by atoms with Gasteiger partial charge in [0.1, 0.15) is 22.3 Å². The predicted octanol–water partition coefficient (Wildman–Crippen LogP) is 2.93. The second-order valence-corrected chi connectivity index (χ2v) is 5.47. The topological polar surface area (TPSA) is 125 Å². The number of para-hydroxylation sites is 1. The minimum absolute atomic E-state index is 0.0695. The summed E-state index contributed by atoms with van der Waals surface area (Å²) in [5.41, 5.74) is 1.89. The summed E-state index contributed by atoms with van der Waals surface area (Å²) in [5.74, 6) is -0.945. The van der Waals surface area contributed by atoms with E-state index in [0.29, 0.717) is 13.0 Å². The third kappa shape index (κ3) is 3.62. The number of rotatable bonds is 6. The molecule has 0 aliphatic heterocycles. The smallest absolute Gasteiger partial charge is 0.401 e. The highest BCUT2D eigenvalue weighted by molar-refractivity contribution is 6.01. The van der Waals surface area contributed by atoms with Gasteiger partial charge in [-0.2, -0.15) is 5.26 Å². The van der Waals surface area contributed by atoms with Crippen LogP contribution < -0.4 is 5.32 Å². The molecule has 8 heteroatoms. The first-order valence-electron chi connectivity index (χ1n) is 7.77. The number of H-pyrrole nitrogens is 1. The average Bonchev–Trinajstić information content (AvgIpc) is 3.27. The van der Waals surface area contributed by atoms with Gasteiger partial charge in [-0.25, -0.2) is 0 Å². The van der Waals surface area contributed by atoms with Crippen LogP contribution in [0.2, 0.25) is 0 Å². The Labute approximate surface area is 147 Å². The maximum atomic E-state index is 12.1. The van der Waals surface area contributed by atoms with Gasteiger partial charge < -0.3 is 14.7 Å². The Morgan fingerprint density at radius 2 is 2.15 bits per heavy atom. The van der Waals surface area contributed by atoms with Crippen LogP contribution >= 0.6 is 0 Å². The van der Waals surface area contributed by atoms with Crippen molar-refractivity contribution in [1.82, 2.24) is 10.3 Å². The van der Waals surface area contributed by atoms with Gasteiger partial charge in [0, 0.05) is 29.7 Å². The van der Waals surface area contributed by atoms with Crippen LogP contribution in [-0.2, 0) is 11.2 Å². The van der Waals surface area contributed by atoms with Crippen LogP contribution in [0.1, 0.15) is 11.3 Å². The quantitative estimate of drug-likeness (QED) is 0.306. The molecule has 0 saturated carbocycles. The number of nitro groups is 1. The number of hydrogen-bond acceptors (Lipinski definition) is 5. The summed E-state index contributed by atoms with van der Waals surface area (Å²) >= 11 is 0.